The van der Waals surface area contributed by atoms with E-state index >= 15 is 0 Å². The summed E-state index contributed by atoms with van der Waals surface area (Å²) in [4.78, 5) is 17.0. The highest BCUT2D eigenvalue weighted by Crippen LogP contribution is 2.33. The molecule has 0 saturated carbocycles. The number of nitriles is 1. The van der Waals surface area contributed by atoms with E-state index in [4.69, 9.17) is 4.74 Å². The van der Waals surface area contributed by atoms with Gasteiger partial charge in [0.1, 0.15) is 17.5 Å². The van der Waals surface area contributed by atoms with Gasteiger partial charge in [-0.25, -0.2) is 9.18 Å². The standard InChI is InChI=1S/C20H27FN4O2/c1-13-15(5-6-17(21)16(13)9-22)18-12-24-8-7-23-10-14(24)11-25(18)19(26)27-20(2,3)4/h5-6,14,18,23H,7-8,10-12H2,1-4H3/t14-,18?/m1/s1. The molecule has 0 spiro atoms. The van der Waals surface area contributed by atoms with Crippen LogP contribution in [-0.2, 0) is 4.74 Å². The molecule has 0 bridgehead atoms. The number of halogens is 1. The molecule has 7 heteroatoms. The fourth-order valence-electron chi connectivity index (χ4n) is 3.88. The van der Waals surface area contributed by atoms with Crippen LogP contribution in [0.1, 0.15) is 43.5 Å². The Morgan fingerprint density at radius 2 is 2.11 bits per heavy atom. The highest BCUT2D eigenvalue weighted by atomic mass is 19.1. The Morgan fingerprint density at radius 1 is 1.37 bits per heavy atom. The molecule has 1 amide bonds. The van der Waals surface area contributed by atoms with Crippen LogP contribution in [0.2, 0.25) is 0 Å². The first-order valence-electron chi connectivity index (χ1n) is 9.34. The zero-order valence-electron chi connectivity index (χ0n) is 16.4. The van der Waals surface area contributed by atoms with Gasteiger partial charge in [0.15, 0.2) is 0 Å². The van der Waals surface area contributed by atoms with Gasteiger partial charge in [-0.1, -0.05) is 6.07 Å². The first-order valence-corrected chi connectivity index (χ1v) is 9.34. The molecule has 3 rings (SSSR count). The van der Waals surface area contributed by atoms with Crippen molar-refractivity contribution in [3.05, 3.63) is 34.6 Å². The summed E-state index contributed by atoms with van der Waals surface area (Å²) in [6, 6.07) is 4.90. The van der Waals surface area contributed by atoms with Gasteiger partial charge in [-0.15, -0.1) is 0 Å². The van der Waals surface area contributed by atoms with Crippen LogP contribution >= 0.6 is 0 Å². The molecule has 27 heavy (non-hydrogen) atoms. The maximum Gasteiger partial charge on any atom is 0.410 e. The van der Waals surface area contributed by atoms with Gasteiger partial charge in [0, 0.05) is 38.8 Å². The lowest BCUT2D eigenvalue weighted by atomic mass is 9.92. The maximum absolute atomic E-state index is 14.0. The van der Waals surface area contributed by atoms with Gasteiger partial charge in [-0.05, 0) is 44.9 Å². The molecule has 2 saturated heterocycles. The first kappa shape index (κ1) is 19.6. The fourth-order valence-corrected chi connectivity index (χ4v) is 3.88. The normalized spacial score (nSPS) is 23.5. The largest absolute Gasteiger partial charge is 0.444 e. The number of fused-ring (bicyclic) bond motifs is 1. The SMILES string of the molecule is Cc1c(C2CN3CCNC[C@@H]3CN2C(=O)OC(C)(C)C)ccc(F)c1C#N. The monoisotopic (exact) mass is 374 g/mol. The van der Waals surface area contributed by atoms with E-state index in [0.717, 1.165) is 25.2 Å². The number of nitrogens with zero attached hydrogens (tertiary/aromatic N) is 3. The Bertz CT molecular complexity index is 768. The third kappa shape index (κ3) is 4.07. The predicted octanol–water partition coefficient (Wildman–Crippen LogP) is 2.57. The lowest BCUT2D eigenvalue weighted by Gasteiger charge is -2.48. The zero-order chi connectivity index (χ0) is 19.8. The van der Waals surface area contributed by atoms with E-state index in [9.17, 15) is 14.4 Å². The van der Waals surface area contributed by atoms with Gasteiger partial charge in [0.05, 0.1) is 11.6 Å². The summed E-state index contributed by atoms with van der Waals surface area (Å²) in [6.07, 6.45) is -0.375. The van der Waals surface area contributed by atoms with Crippen molar-refractivity contribution in [2.45, 2.75) is 45.4 Å². The summed E-state index contributed by atoms with van der Waals surface area (Å²) in [5.74, 6) is -0.529. The Morgan fingerprint density at radius 3 is 2.78 bits per heavy atom. The number of carbonyl (C=O) groups excluding carboxylic acids is 1. The number of hydrogen-bond acceptors (Lipinski definition) is 5. The number of benzene rings is 1. The van der Waals surface area contributed by atoms with E-state index in [-0.39, 0.29) is 23.7 Å². The highest BCUT2D eigenvalue weighted by Gasteiger charge is 2.40. The van der Waals surface area contributed by atoms with Crippen LogP contribution < -0.4 is 5.32 Å². The maximum atomic E-state index is 14.0. The molecule has 1 unspecified atom stereocenters. The molecule has 0 radical (unpaired) electrons. The molecule has 2 aliphatic rings. The van der Waals surface area contributed by atoms with E-state index in [2.05, 4.69) is 10.2 Å². The second-order valence-corrected chi connectivity index (χ2v) is 8.25. The van der Waals surface area contributed by atoms with Crippen molar-refractivity contribution in [1.82, 2.24) is 15.1 Å². The van der Waals surface area contributed by atoms with Crippen molar-refractivity contribution in [3.8, 4) is 6.07 Å². The van der Waals surface area contributed by atoms with E-state index in [1.807, 2.05) is 26.8 Å². The van der Waals surface area contributed by atoms with Crippen molar-refractivity contribution in [2.75, 3.05) is 32.7 Å². The van der Waals surface area contributed by atoms with Crippen LogP contribution in [0.15, 0.2) is 12.1 Å². The first-order chi connectivity index (χ1) is 12.7. The summed E-state index contributed by atoms with van der Waals surface area (Å²) in [5.41, 5.74) is 0.832. The lowest BCUT2D eigenvalue weighted by Crippen LogP contribution is -2.63. The Labute approximate surface area is 159 Å². The molecule has 2 fully saturated rings. The summed E-state index contributed by atoms with van der Waals surface area (Å²) >= 11 is 0. The second-order valence-electron chi connectivity index (χ2n) is 8.25. The number of ether oxygens (including phenoxy) is 1. The summed E-state index contributed by atoms with van der Waals surface area (Å²) < 4.78 is 19.6. The molecular formula is C20H27FN4O2. The van der Waals surface area contributed by atoms with Crippen LogP contribution in [0.3, 0.4) is 0 Å². The van der Waals surface area contributed by atoms with Crippen molar-refractivity contribution in [2.24, 2.45) is 0 Å². The van der Waals surface area contributed by atoms with Gasteiger partial charge in [-0.3, -0.25) is 9.80 Å². The number of piperazine rings is 2. The molecule has 0 aromatic heterocycles. The Balaban J connectivity index is 1.98. The molecule has 1 aromatic carbocycles. The van der Waals surface area contributed by atoms with Crippen molar-refractivity contribution < 1.29 is 13.9 Å². The highest BCUT2D eigenvalue weighted by molar-refractivity contribution is 5.69. The van der Waals surface area contributed by atoms with Crippen LogP contribution in [0, 0.1) is 24.1 Å². The minimum Gasteiger partial charge on any atom is -0.444 e. The second kappa shape index (κ2) is 7.45. The minimum atomic E-state index is -0.598. The topological polar surface area (TPSA) is 68.6 Å². The van der Waals surface area contributed by atoms with E-state index in [1.165, 1.54) is 6.07 Å². The van der Waals surface area contributed by atoms with E-state index < -0.39 is 11.4 Å². The fraction of sp³-hybridized carbons (Fsp3) is 0.600. The van der Waals surface area contributed by atoms with Crippen molar-refractivity contribution in [3.63, 3.8) is 0 Å². The predicted molar refractivity (Wildman–Crippen MR) is 99.8 cm³/mol. The number of nitrogens with one attached hydrogen (secondary N) is 1. The smallest absolute Gasteiger partial charge is 0.410 e. The molecular weight excluding hydrogens is 347 g/mol. The Hall–Kier alpha value is -2.17. The number of carbonyl (C=O) groups is 1. The van der Waals surface area contributed by atoms with Gasteiger partial charge in [0.25, 0.3) is 0 Å². The summed E-state index contributed by atoms with van der Waals surface area (Å²) in [7, 11) is 0. The Kier molecular flexibility index (Phi) is 5.41. The van der Waals surface area contributed by atoms with Crippen LogP contribution in [0.25, 0.3) is 0 Å². The lowest BCUT2D eigenvalue weighted by molar-refractivity contribution is -0.0213. The minimum absolute atomic E-state index is 0.0408. The number of rotatable bonds is 1. The van der Waals surface area contributed by atoms with Crippen molar-refractivity contribution >= 4 is 6.09 Å². The molecule has 0 aliphatic carbocycles. The number of amides is 1. The molecule has 1 aromatic rings. The van der Waals surface area contributed by atoms with Gasteiger partial charge in [0.2, 0.25) is 0 Å². The molecule has 6 nitrogen and oxygen atoms in total. The average molecular weight is 374 g/mol. The average Bonchev–Trinajstić information content (AvgIpc) is 2.60. The van der Waals surface area contributed by atoms with Crippen LogP contribution in [-0.4, -0.2) is 60.3 Å². The van der Waals surface area contributed by atoms with E-state index in [1.54, 1.807) is 17.9 Å². The summed E-state index contributed by atoms with van der Waals surface area (Å²) in [5, 5.41) is 12.7. The van der Waals surface area contributed by atoms with E-state index in [0.29, 0.717) is 18.7 Å². The zero-order valence-corrected chi connectivity index (χ0v) is 16.4. The van der Waals surface area contributed by atoms with Crippen LogP contribution in [0.5, 0.6) is 0 Å². The van der Waals surface area contributed by atoms with Gasteiger partial charge in [-0.2, -0.15) is 5.26 Å². The molecule has 1 N–H and O–H groups in total. The molecule has 2 heterocycles. The van der Waals surface area contributed by atoms with Crippen LogP contribution in [0.4, 0.5) is 9.18 Å². The third-order valence-corrected chi connectivity index (χ3v) is 5.22. The van der Waals surface area contributed by atoms with Gasteiger partial charge < -0.3 is 10.1 Å². The molecule has 146 valence electrons. The van der Waals surface area contributed by atoms with Crippen molar-refractivity contribution in [1.29, 1.82) is 5.26 Å². The van der Waals surface area contributed by atoms with Gasteiger partial charge >= 0.3 is 6.09 Å². The molecule has 2 aliphatic heterocycles. The molecule has 2 atom stereocenters. The quantitative estimate of drug-likeness (QED) is 0.818. The third-order valence-electron chi connectivity index (χ3n) is 5.22. The number of hydrogen-bond donors (Lipinski definition) is 1. The summed E-state index contributed by atoms with van der Waals surface area (Å²) in [6.45, 7) is 11.1.